The van der Waals surface area contributed by atoms with Gasteiger partial charge in [0.1, 0.15) is 0 Å². The molecule has 0 aliphatic heterocycles. The predicted octanol–water partition coefficient (Wildman–Crippen LogP) is 4.04. The number of halogens is 2. The van der Waals surface area contributed by atoms with Gasteiger partial charge in [-0.3, -0.25) is 4.79 Å². The molecule has 0 aromatic heterocycles. The van der Waals surface area contributed by atoms with Gasteiger partial charge in [0.05, 0.1) is 0 Å². The van der Waals surface area contributed by atoms with E-state index in [4.69, 9.17) is 11.6 Å². The monoisotopic (exact) mass is 274 g/mol. The number of unbranched alkanes of at least 4 members (excludes halogenated alkanes) is 1. The van der Waals surface area contributed by atoms with Crippen molar-refractivity contribution in [3.05, 3.63) is 34.3 Å². The largest absolute Gasteiger partial charge is 0.294 e. The van der Waals surface area contributed by atoms with E-state index in [1.807, 2.05) is 24.3 Å². The lowest BCUT2D eigenvalue weighted by molar-refractivity contribution is 0.0980. The molecule has 1 aromatic carbocycles. The molecule has 0 atom stereocenters. The zero-order valence-corrected chi connectivity index (χ0v) is 10.1. The minimum absolute atomic E-state index is 0.197. The molecule has 0 amide bonds. The zero-order valence-electron chi connectivity index (χ0n) is 7.80. The number of ketones is 1. The Morgan fingerprint density at radius 1 is 1.21 bits per heavy atom. The summed E-state index contributed by atoms with van der Waals surface area (Å²) in [5, 5.41) is 0. The summed E-state index contributed by atoms with van der Waals surface area (Å²) in [4.78, 5) is 11.6. The predicted molar refractivity (Wildman–Crippen MR) is 63.0 cm³/mol. The fourth-order valence-electron chi connectivity index (χ4n) is 1.16. The third-order valence-electron chi connectivity index (χ3n) is 1.95. The Hall–Kier alpha value is -0.340. The van der Waals surface area contributed by atoms with E-state index in [1.54, 1.807) is 0 Å². The van der Waals surface area contributed by atoms with Crippen LogP contribution in [0.15, 0.2) is 28.7 Å². The molecular weight excluding hydrogens is 263 g/mol. The molecule has 14 heavy (non-hydrogen) atoms. The first-order chi connectivity index (χ1) is 6.74. The number of carbonyl (C=O) groups excluding carboxylic acids is 1. The summed E-state index contributed by atoms with van der Waals surface area (Å²) in [5.74, 6) is 0.829. The lowest BCUT2D eigenvalue weighted by atomic mass is 10.1. The molecule has 1 rings (SSSR count). The van der Waals surface area contributed by atoms with Gasteiger partial charge in [-0.15, -0.1) is 11.6 Å². The smallest absolute Gasteiger partial charge is 0.162 e. The van der Waals surface area contributed by atoms with Crippen molar-refractivity contribution in [2.75, 3.05) is 5.88 Å². The second kappa shape index (κ2) is 6.20. The first-order valence-corrected chi connectivity index (χ1v) is 5.91. The minimum Gasteiger partial charge on any atom is -0.294 e. The van der Waals surface area contributed by atoms with Gasteiger partial charge in [-0.1, -0.05) is 28.1 Å². The average molecular weight is 276 g/mol. The van der Waals surface area contributed by atoms with Gasteiger partial charge in [-0.05, 0) is 25.0 Å². The Morgan fingerprint density at radius 3 is 2.43 bits per heavy atom. The number of rotatable bonds is 5. The molecule has 1 nitrogen and oxygen atoms in total. The number of hydrogen-bond acceptors (Lipinski definition) is 1. The lowest BCUT2D eigenvalue weighted by Gasteiger charge is -2.00. The van der Waals surface area contributed by atoms with Gasteiger partial charge < -0.3 is 0 Å². The van der Waals surface area contributed by atoms with Gasteiger partial charge in [0.25, 0.3) is 0 Å². The Labute approximate surface area is 97.6 Å². The van der Waals surface area contributed by atoms with E-state index >= 15 is 0 Å². The second-order valence-corrected chi connectivity index (χ2v) is 4.37. The summed E-state index contributed by atoms with van der Waals surface area (Å²) >= 11 is 8.86. The maximum absolute atomic E-state index is 11.6. The van der Waals surface area contributed by atoms with Crippen LogP contribution in [-0.2, 0) is 0 Å². The van der Waals surface area contributed by atoms with Gasteiger partial charge in [0, 0.05) is 22.3 Å². The maximum atomic E-state index is 11.6. The Kier molecular flexibility index (Phi) is 5.20. The van der Waals surface area contributed by atoms with Crippen LogP contribution < -0.4 is 0 Å². The number of alkyl halides is 1. The molecule has 0 saturated carbocycles. The topological polar surface area (TPSA) is 17.1 Å². The van der Waals surface area contributed by atoms with Gasteiger partial charge in [0.15, 0.2) is 5.78 Å². The van der Waals surface area contributed by atoms with Crippen molar-refractivity contribution in [2.24, 2.45) is 0 Å². The van der Waals surface area contributed by atoms with E-state index in [9.17, 15) is 4.79 Å². The summed E-state index contributed by atoms with van der Waals surface area (Å²) in [6, 6.07) is 7.45. The van der Waals surface area contributed by atoms with Crippen LogP contribution >= 0.6 is 27.5 Å². The number of Topliss-reactive ketones (excluding diaryl/α,β-unsaturated/α-hetero) is 1. The van der Waals surface area contributed by atoms with Crippen LogP contribution in [0.25, 0.3) is 0 Å². The summed E-state index contributed by atoms with van der Waals surface area (Å²) in [5.41, 5.74) is 0.780. The summed E-state index contributed by atoms with van der Waals surface area (Å²) in [6.45, 7) is 0. The Morgan fingerprint density at radius 2 is 1.86 bits per heavy atom. The molecule has 0 N–H and O–H groups in total. The standard InChI is InChI=1S/C11H12BrClO/c12-10-6-4-9(5-7-10)11(14)3-1-2-8-13/h4-7H,1-3,8H2. The van der Waals surface area contributed by atoms with E-state index in [0.717, 1.165) is 22.9 Å². The molecule has 0 spiro atoms. The zero-order chi connectivity index (χ0) is 10.4. The third kappa shape index (κ3) is 3.81. The van der Waals surface area contributed by atoms with Crippen LogP contribution in [-0.4, -0.2) is 11.7 Å². The lowest BCUT2D eigenvalue weighted by Crippen LogP contribution is -1.98. The van der Waals surface area contributed by atoms with Crippen molar-refractivity contribution in [1.29, 1.82) is 0 Å². The molecule has 1 aromatic rings. The van der Waals surface area contributed by atoms with Gasteiger partial charge in [-0.2, -0.15) is 0 Å². The second-order valence-electron chi connectivity index (χ2n) is 3.08. The number of hydrogen-bond donors (Lipinski definition) is 0. The molecule has 76 valence electrons. The first-order valence-electron chi connectivity index (χ1n) is 4.59. The molecule has 0 fully saturated rings. The maximum Gasteiger partial charge on any atom is 0.162 e. The molecule has 0 heterocycles. The highest BCUT2D eigenvalue weighted by atomic mass is 79.9. The highest BCUT2D eigenvalue weighted by Gasteiger charge is 2.04. The van der Waals surface area contributed by atoms with Crippen LogP contribution in [0.4, 0.5) is 0 Å². The summed E-state index contributed by atoms with van der Waals surface area (Å²) in [6.07, 6.45) is 2.37. The van der Waals surface area contributed by atoms with E-state index in [0.29, 0.717) is 12.3 Å². The van der Waals surface area contributed by atoms with Crippen molar-refractivity contribution in [3.63, 3.8) is 0 Å². The van der Waals surface area contributed by atoms with Crippen molar-refractivity contribution in [3.8, 4) is 0 Å². The molecule has 0 unspecified atom stereocenters. The SMILES string of the molecule is O=C(CCCCCl)c1ccc(Br)cc1. The van der Waals surface area contributed by atoms with Crippen LogP contribution in [0, 0.1) is 0 Å². The third-order valence-corrected chi connectivity index (χ3v) is 2.75. The molecule has 3 heteroatoms. The molecule has 0 bridgehead atoms. The van der Waals surface area contributed by atoms with E-state index < -0.39 is 0 Å². The fourth-order valence-corrected chi connectivity index (χ4v) is 1.61. The minimum atomic E-state index is 0.197. The van der Waals surface area contributed by atoms with Gasteiger partial charge in [-0.25, -0.2) is 0 Å². The molecule has 0 saturated heterocycles. The highest BCUT2D eigenvalue weighted by molar-refractivity contribution is 9.10. The van der Waals surface area contributed by atoms with Crippen LogP contribution in [0.2, 0.25) is 0 Å². The quantitative estimate of drug-likeness (QED) is 0.450. The van der Waals surface area contributed by atoms with E-state index in [1.165, 1.54) is 0 Å². The van der Waals surface area contributed by atoms with Crippen LogP contribution in [0.5, 0.6) is 0 Å². The Bertz CT molecular complexity index is 295. The summed E-state index contributed by atoms with van der Waals surface area (Å²) < 4.78 is 0.995. The van der Waals surface area contributed by atoms with E-state index in [-0.39, 0.29) is 5.78 Å². The average Bonchev–Trinajstić information content (AvgIpc) is 2.19. The van der Waals surface area contributed by atoms with Crippen molar-refractivity contribution >= 4 is 33.3 Å². The van der Waals surface area contributed by atoms with Crippen molar-refractivity contribution in [2.45, 2.75) is 19.3 Å². The van der Waals surface area contributed by atoms with E-state index in [2.05, 4.69) is 15.9 Å². The number of benzene rings is 1. The van der Waals surface area contributed by atoms with Crippen LogP contribution in [0.3, 0.4) is 0 Å². The normalized spacial score (nSPS) is 10.1. The molecule has 0 radical (unpaired) electrons. The van der Waals surface area contributed by atoms with Crippen LogP contribution in [0.1, 0.15) is 29.6 Å². The molecular formula is C11H12BrClO. The van der Waals surface area contributed by atoms with Crippen molar-refractivity contribution < 1.29 is 4.79 Å². The molecule has 0 aliphatic rings. The first kappa shape index (κ1) is 11.7. The highest BCUT2D eigenvalue weighted by Crippen LogP contribution is 2.13. The van der Waals surface area contributed by atoms with Crippen molar-refractivity contribution in [1.82, 2.24) is 0 Å². The van der Waals surface area contributed by atoms with Gasteiger partial charge >= 0.3 is 0 Å². The summed E-state index contributed by atoms with van der Waals surface area (Å²) in [7, 11) is 0. The molecule has 0 aliphatic carbocycles. The van der Waals surface area contributed by atoms with Gasteiger partial charge in [0.2, 0.25) is 0 Å². The fraction of sp³-hybridized carbons (Fsp3) is 0.364. The Balaban J connectivity index is 2.48. The number of carbonyl (C=O) groups is 1.